The van der Waals surface area contributed by atoms with E-state index in [0.29, 0.717) is 11.1 Å². The van der Waals surface area contributed by atoms with Gasteiger partial charge in [-0.3, -0.25) is 4.79 Å². The van der Waals surface area contributed by atoms with Crippen molar-refractivity contribution >= 4 is 5.91 Å². The molecule has 3 rings (SSSR count). The zero-order chi connectivity index (χ0) is 15.9. The summed E-state index contributed by atoms with van der Waals surface area (Å²) in [5.74, 6) is -1.79. The van der Waals surface area contributed by atoms with Crippen molar-refractivity contribution in [3.8, 4) is 5.88 Å². The van der Waals surface area contributed by atoms with Gasteiger partial charge in [-0.2, -0.15) is 18.2 Å². The number of halogens is 3. The molecule has 1 aliphatic heterocycles. The van der Waals surface area contributed by atoms with Crippen LogP contribution in [0.15, 0.2) is 36.5 Å². The Balaban J connectivity index is 1.93. The summed E-state index contributed by atoms with van der Waals surface area (Å²) in [6.45, 7) is 0. The molecular weight excluding hydrogens is 299 g/mol. The zero-order valence-corrected chi connectivity index (χ0v) is 11.3. The van der Waals surface area contributed by atoms with E-state index in [1.54, 1.807) is 24.3 Å². The summed E-state index contributed by atoms with van der Waals surface area (Å²) in [6.07, 6.45) is -4.51. The van der Waals surface area contributed by atoms with Gasteiger partial charge in [0, 0.05) is 30.4 Å². The molecule has 1 aromatic heterocycles. The highest BCUT2D eigenvalue weighted by molar-refractivity contribution is 5.98. The molecule has 0 bridgehead atoms. The molecule has 2 aromatic rings. The number of ether oxygens (including phenoxy) is 1. The van der Waals surface area contributed by atoms with E-state index in [2.05, 4.69) is 9.97 Å². The van der Waals surface area contributed by atoms with Gasteiger partial charge in [0.15, 0.2) is 0 Å². The van der Waals surface area contributed by atoms with Gasteiger partial charge >= 0.3 is 6.18 Å². The van der Waals surface area contributed by atoms with Crippen LogP contribution in [-0.2, 0) is 6.18 Å². The van der Waals surface area contributed by atoms with Crippen molar-refractivity contribution in [1.82, 2.24) is 14.9 Å². The normalized spacial score (nSPS) is 17.5. The molecule has 0 aliphatic carbocycles. The average Bonchev–Trinajstić information content (AvgIpc) is 2.72. The fourth-order valence-electron chi connectivity index (χ4n) is 2.21. The van der Waals surface area contributed by atoms with E-state index in [1.165, 1.54) is 18.0 Å². The van der Waals surface area contributed by atoms with Crippen molar-refractivity contribution in [3.63, 3.8) is 0 Å². The van der Waals surface area contributed by atoms with Crippen LogP contribution < -0.4 is 4.74 Å². The molecule has 0 spiro atoms. The Morgan fingerprint density at radius 1 is 1.23 bits per heavy atom. The third-order valence-electron chi connectivity index (χ3n) is 3.25. The van der Waals surface area contributed by atoms with Crippen LogP contribution in [0.5, 0.6) is 5.88 Å². The molecule has 1 unspecified atom stereocenters. The van der Waals surface area contributed by atoms with Gasteiger partial charge in [-0.05, 0) is 6.07 Å². The van der Waals surface area contributed by atoms with Crippen LogP contribution in [-0.4, -0.2) is 27.8 Å². The lowest BCUT2D eigenvalue weighted by molar-refractivity contribution is -0.145. The summed E-state index contributed by atoms with van der Waals surface area (Å²) in [4.78, 5) is 19.9. The number of aromatic nitrogens is 2. The van der Waals surface area contributed by atoms with Crippen molar-refractivity contribution in [3.05, 3.63) is 53.5 Å². The average molecular weight is 309 g/mol. The van der Waals surface area contributed by atoms with E-state index < -0.39 is 18.2 Å². The van der Waals surface area contributed by atoms with Gasteiger partial charge in [-0.1, -0.05) is 18.2 Å². The molecular formula is C14H10F3N3O2. The smallest absolute Gasteiger partial charge is 0.449 e. The predicted octanol–water partition coefficient (Wildman–Crippen LogP) is 2.66. The number of fused-ring (bicyclic) bond motifs is 1. The fourth-order valence-corrected chi connectivity index (χ4v) is 2.21. The zero-order valence-electron chi connectivity index (χ0n) is 11.3. The number of carbonyl (C=O) groups is 1. The van der Waals surface area contributed by atoms with E-state index in [-0.39, 0.29) is 11.8 Å². The monoisotopic (exact) mass is 309 g/mol. The number of hydrogen-bond donors (Lipinski definition) is 0. The number of carbonyl (C=O) groups excluding carboxylic acids is 1. The molecule has 22 heavy (non-hydrogen) atoms. The van der Waals surface area contributed by atoms with Crippen molar-refractivity contribution in [1.29, 1.82) is 0 Å². The Bertz CT molecular complexity index is 733. The molecule has 1 aliphatic rings. The number of hydrogen-bond acceptors (Lipinski definition) is 4. The van der Waals surface area contributed by atoms with Crippen LogP contribution >= 0.6 is 0 Å². The van der Waals surface area contributed by atoms with Crippen LogP contribution in [0.1, 0.15) is 28.0 Å². The number of rotatable bonds is 2. The lowest BCUT2D eigenvalue weighted by Crippen LogP contribution is -2.27. The van der Waals surface area contributed by atoms with E-state index in [4.69, 9.17) is 4.74 Å². The molecule has 1 atom stereocenters. The van der Waals surface area contributed by atoms with Gasteiger partial charge in [0.1, 0.15) is 0 Å². The van der Waals surface area contributed by atoms with E-state index in [0.717, 1.165) is 6.20 Å². The molecule has 0 fully saturated rings. The summed E-state index contributed by atoms with van der Waals surface area (Å²) in [6, 6.07) is 7.97. The first-order chi connectivity index (χ1) is 10.4. The summed E-state index contributed by atoms with van der Waals surface area (Å²) >= 11 is 0. The second kappa shape index (κ2) is 4.97. The second-order valence-electron chi connectivity index (χ2n) is 4.69. The van der Waals surface area contributed by atoms with E-state index in [9.17, 15) is 18.0 Å². The Labute approximate surface area is 123 Å². The summed E-state index contributed by atoms with van der Waals surface area (Å²) < 4.78 is 43.3. The SMILES string of the molecule is CN1C(=O)c2ccccc2C1Oc1ccnc(C(F)(F)F)n1. The summed E-state index contributed by atoms with van der Waals surface area (Å²) in [5, 5.41) is 0. The van der Waals surface area contributed by atoms with Gasteiger partial charge in [0.2, 0.25) is 17.9 Å². The first-order valence-corrected chi connectivity index (χ1v) is 6.31. The largest absolute Gasteiger partial charge is 0.451 e. The van der Waals surface area contributed by atoms with Crippen molar-refractivity contribution in [2.75, 3.05) is 7.05 Å². The van der Waals surface area contributed by atoms with Crippen LogP contribution in [0, 0.1) is 0 Å². The maximum absolute atomic E-state index is 12.6. The standard InChI is InChI=1S/C14H10F3N3O2/c1-20-11(21)8-4-2-3-5-9(8)12(20)22-10-6-7-18-13(19-10)14(15,16)17/h2-7,12H,1H3. The maximum atomic E-state index is 12.6. The predicted molar refractivity (Wildman–Crippen MR) is 68.9 cm³/mol. The summed E-state index contributed by atoms with van der Waals surface area (Å²) in [7, 11) is 1.51. The maximum Gasteiger partial charge on any atom is 0.451 e. The highest BCUT2D eigenvalue weighted by Gasteiger charge is 2.37. The molecule has 2 heterocycles. The Morgan fingerprint density at radius 2 is 1.95 bits per heavy atom. The molecule has 8 heteroatoms. The minimum absolute atomic E-state index is 0.247. The number of nitrogens with zero attached hydrogens (tertiary/aromatic N) is 3. The second-order valence-corrected chi connectivity index (χ2v) is 4.69. The Hall–Kier alpha value is -2.64. The molecule has 0 saturated heterocycles. The first kappa shape index (κ1) is 14.3. The highest BCUT2D eigenvalue weighted by Crippen LogP contribution is 2.34. The van der Waals surface area contributed by atoms with E-state index in [1.807, 2.05) is 0 Å². The third-order valence-corrected chi connectivity index (χ3v) is 3.25. The van der Waals surface area contributed by atoms with Gasteiger partial charge in [-0.15, -0.1) is 0 Å². The van der Waals surface area contributed by atoms with Gasteiger partial charge in [-0.25, -0.2) is 4.98 Å². The third kappa shape index (κ3) is 2.36. The molecule has 0 radical (unpaired) electrons. The molecule has 114 valence electrons. The minimum atomic E-state index is -4.66. The van der Waals surface area contributed by atoms with Crippen LogP contribution in [0.25, 0.3) is 0 Å². The number of benzene rings is 1. The lowest BCUT2D eigenvalue weighted by Gasteiger charge is -2.21. The van der Waals surface area contributed by atoms with Gasteiger partial charge in [0.05, 0.1) is 0 Å². The number of amides is 1. The Morgan fingerprint density at radius 3 is 2.68 bits per heavy atom. The molecule has 0 N–H and O–H groups in total. The molecule has 5 nitrogen and oxygen atoms in total. The van der Waals surface area contributed by atoms with Crippen molar-refractivity contribution in [2.24, 2.45) is 0 Å². The Kier molecular flexibility index (Phi) is 3.23. The number of alkyl halides is 3. The van der Waals surface area contributed by atoms with Crippen molar-refractivity contribution < 1.29 is 22.7 Å². The van der Waals surface area contributed by atoms with Crippen LogP contribution in [0.4, 0.5) is 13.2 Å². The first-order valence-electron chi connectivity index (χ1n) is 6.31. The van der Waals surface area contributed by atoms with Crippen LogP contribution in [0.3, 0.4) is 0 Å². The fraction of sp³-hybridized carbons (Fsp3) is 0.214. The molecule has 0 saturated carbocycles. The quantitative estimate of drug-likeness (QED) is 0.856. The lowest BCUT2D eigenvalue weighted by atomic mass is 10.1. The van der Waals surface area contributed by atoms with Crippen molar-refractivity contribution in [2.45, 2.75) is 12.4 Å². The van der Waals surface area contributed by atoms with Crippen LogP contribution in [0.2, 0.25) is 0 Å². The minimum Gasteiger partial charge on any atom is -0.449 e. The topological polar surface area (TPSA) is 55.3 Å². The van der Waals surface area contributed by atoms with Gasteiger partial charge < -0.3 is 9.64 Å². The van der Waals surface area contributed by atoms with E-state index >= 15 is 0 Å². The summed E-state index contributed by atoms with van der Waals surface area (Å²) in [5.41, 5.74) is 1.04. The molecule has 1 aromatic carbocycles. The van der Waals surface area contributed by atoms with Gasteiger partial charge in [0.25, 0.3) is 5.91 Å². The molecule has 1 amide bonds. The highest BCUT2D eigenvalue weighted by atomic mass is 19.4.